The third-order valence-corrected chi connectivity index (χ3v) is 8.69. The van der Waals surface area contributed by atoms with Crippen LogP contribution in [0.15, 0.2) is 36.4 Å². The third-order valence-electron chi connectivity index (χ3n) is 8.69. The molecule has 6 rings (SSSR count). The van der Waals surface area contributed by atoms with Crippen LogP contribution in [0.1, 0.15) is 41.6 Å². The lowest BCUT2D eigenvalue weighted by atomic mass is 9.95. The van der Waals surface area contributed by atoms with Gasteiger partial charge < -0.3 is 20.4 Å². The van der Waals surface area contributed by atoms with Crippen molar-refractivity contribution in [3.63, 3.8) is 0 Å². The van der Waals surface area contributed by atoms with Crippen LogP contribution in [0.25, 0.3) is 0 Å². The lowest BCUT2D eigenvalue weighted by molar-refractivity contribution is -0.136. The molecule has 0 radical (unpaired) electrons. The molecule has 39 heavy (non-hydrogen) atoms. The van der Waals surface area contributed by atoms with Gasteiger partial charge in [0.2, 0.25) is 11.8 Å². The summed E-state index contributed by atoms with van der Waals surface area (Å²) in [4.78, 5) is 45.4. The molecule has 2 aromatic rings. The fourth-order valence-electron chi connectivity index (χ4n) is 6.45. The van der Waals surface area contributed by atoms with Crippen molar-refractivity contribution in [2.24, 2.45) is 5.92 Å². The Labute approximate surface area is 227 Å². The molecule has 206 valence electrons. The van der Waals surface area contributed by atoms with E-state index in [2.05, 4.69) is 26.1 Å². The van der Waals surface area contributed by atoms with E-state index in [1.807, 2.05) is 12.1 Å². The van der Waals surface area contributed by atoms with Gasteiger partial charge in [0.05, 0.1) is 5.69 Å². The number of piperazine rings is 1. The van der Waals surface area contributed by atoms with Gasteiger partial charge in [-0.1, -0.05) is 0 Å². The molecule has 1 atom stereocenters. The maximum Gasteiger partial charge on any atom is 0.255 e. The molecule has 0 bridgehead atoms. The molecule has 10 heteroatoms. The van der Waals surface area contributed by atoms with E-state index in [1.165, 1.54) is 6.07 Å². The molecule has 2 aromatic carbocycles. The second-order valence-electron chi connectivity index (χ2n) is 11.2. The number of rotatable bonds is 5. The van der Waals surface area contributed by atoms with Crippen LogP contribution in [0.5, 0.6) is 0 Å². The average molecular weight is 535 g/mol. The number of imide groups is 1. The van der Waals surface area contributed by atoms with Crippen LogP contribution < -0.4 is 20.9 Å². The number of hydrogen-bond donors (Lipinski definition) is 2. The minimum Gasteiger partial charge on any atom is -0.399 e. The Hall–Kier alpha value is -3.66. The van der Waals surface area contributed by atoms with Crippen LogP contribution in [-0.4, -0.2) is 79.4 Å². The van der Waals surface area contributed by atoms with Gasteiger partial charge in [0.1, 0.15) is 11.9 Å². The van der Waals surface area contributed by atoms with Crippen molar-refractivity contribution >= 4 is 34.8 Å². The number of anilines is 3. The van der Waals surface area contributed by atoms with E-state index in [-0.39, 0.29) is 30.0 Å². The standard InChI is InChI=1S/C29H35FN6O3/c30-24-16-21(31)1-4-25(24)35-9-7-19(8-10-35)17-33-11-13-34(14-12-33)22-2-3-23-20(15-22)18-36(29(23)39)26-5-6-27(37)32-28(26)38/h1-4,15-16,19,26H,5-14,17-18,31H2,(H,32,37,38)/t26-/m0/s1. The molecule has 3 amide bonds. The van der Waals surface area contributed by atoms with Crippen LogP contribution in [-0.2, 0) is 16.1 Å². The molecule has 4 aliphatic heterocycles. The predicted octanol–water partition coefficient (Wildman–Crippen LogP) is 2.21. The first-order valence-corrected chi connectivity index (χ1v) is 13.9. The summed E-state index contributed by atoms with van der Waals surface area (Å²) in [6.07, 6.45) is 2.72. The van der Waals surface area contributed by atoms with Gasteiger partial charge >= 0.3 is 0 Å². The number of piperidine rings is 2. The Morgan fingerprint density at radius 2 is 1.67 bits per heavy atom. The van der Waals surface area contributed by atoms with Crippen molar-refractivity contribution in [2.75, 3.05) is 61.3 Å². The molecule has 0 unspecified atom stereocenters. The largest absolute Gasteiger partial charge is 0.399 e. The summed E-state index contributed by atoms with van der Waals surface area (Å²) >= 11 is 0. The van der Waals surface area contributed by atoms with Crippen molar-refractivity contribution in [3.8, 4) is 0 Å². The molecular formula is C29H35FN6O3. The van der Waals surface area contributed by atoms with Gasteiger partial charge in [-0.2, -0.15) is 0 Å². The number of amides is 3. The summed E-state index contributed by atoms with van der Waals surface area (Å²) in [5.74, 6) is -0.438. The molecule has 0 aromatic heterocycles. The Morgan fingerprint density at radius 3 is 2.38 bits per heavy atom. The average Bonchev–Trinajstić information content (AvgIpc) is 3.25. The van der Waals surface area contributed by atoms with E-state index < -0.39 is 6.04 Å². The number of nitrogen functional groups attached to an aromatic ring is 1. The van der Waals surface area contributed by atoms with Gasteiger partial charge in [-0.15, -0.1) is 0 Å². The highest BCUT2D eigenvalue weighted by Crippen LogP contribution is 2.32. The SMILES string of the molecule is Nc1ccc(N2CCC(CN3CCN(c4ccc5c(c4)CN([C@H]4CCC(=O)NC4=O)C5=O)CC3)CC2)c(F)c1. The predicted molar refractivity (Wildman–Crippen MR) is 147 cm³/mol. The molecule has 4 aliphatic rings. The first-order valence-electron chi connectivity index (χ1n) is 13.9. The van der Waals surface area contributed by atoms with Gasteiger partial charge in [0, 0.05) is 75.7 Å². The van der Waals surface area contributed by atoms with E-state index in [0.29, 0.717) is 35.8 Å². The first kappa shape index (κ1) is 25.6. The van der Waals surface area contributed by atoms with Crippen molar-refractivity contribution in [2.45, 2.75) is 38.3 Å². The quantitative estimate of drug-likeness (QED) is 0.448. The summed E-state index contributed by atoms with van der Waals surface area (Å²) < 4.78 is 14.3. The summed E-state index contributed by atoms with van der Waals surface area (Å²) in [6.45, 7) is 6.96. The van der Waals surface area contributed by atoms with Gasteiger partial charge in [-0.05, 0) is 67.1 Å². The summed E-state index contributed by atoms with van der Waals surface area (Å²) in [5.41, 5.74) is 9.48. The fourth-order valence-corrected chi connectivity index (χ4v) is 6.45. The first-order chi connectivity index (χ1) is 18.9. The number of fused-ring (bicyclic) bond motifs is 1. The maximum absolute atomic E-state index is 14.3. The molecule has 3 fully saturated rings. The molecule has 0 spiro atoms. The number of halogens is 1. The van der Waals surface area contributed by atoms with Crippen molar-refractivity contribution in [1.29, 1.82) is 0 Å². The number of nitrogens with one attached hydrogen (secondary N) is 1. The number of carbonyl (C=O) groups is 3. The van der Waals surface area contributed by atoms with Crippen molar-refractivity contribution in [1.82, 2.24) is 15.1 Å². The fraction of sp³-hybridized carbons (Fsp3) is 0.483. The highest BCUT2D eigenvalue weighted by Gasteiger charge is 2.39. The van der Waals surface area contributed by atoms with Crippen molar-refractivity contribution < 1.29 is 18.8 Å². The van der Waals surface area contributed by atoms with E-state index in [9.17, 15) is 18.8 Å². The van der Waals surface area contributed by atoms with Crippen LogP contribution >= 0.6 is 0 Å². The minimum absolute atomic E-state index is 0.138. The van der Waals surface area contributed by atoms with Crippen LogP contribution in [0, 0.1) is 11.7 Å². The Bertz CT molecular complexity index is 1290. The van der Waals surface area contributed by atoms with Gasteiger partial charge in [-0.3, -0.25) is 24.6 Å². The molecule has 4 heterocycles. The van der Waals surface area contributed by atoms with Gasteiger partial charge in [-0.25, -0.2) is 4.39 Å². The summed E-state index contributed by atoms with van der Waals surface area (Å²) in [5, 5.41) is 2.36. The third kappa shape index (κ3) is 5.17. The second-order valence-corrected chi connectivity index (χ2v) is 11.2. The highest BCUT2D eigenvalue weighted by atomic mass is 19.1. The normalized spacial score (nSPS) is 22.8. The van der Waals surface area contributed by atoms with Crippen molar-refractivity contribution in [3.05, 3.63) is 53.3 Å². The second kappa shape index (κ2) is 10.5. The van der Waals surface area contributed by atoms with Crippen LogP contribution in [0.2, 0.25) is 0 Å². The van der Waals surface area contributed by atoms with E-state index >= 15 is 0 Å². The molecular weight excluding hydrogens is 499 g/mol. The minimum atomic E-state index is -0.591. The smallest absolute Gasteiger partial charge is 0.255 e. The molecule has 0 saturated carbocycles. The van der Waals surface area contributed by atoms with E-state index in [4.69, 9.17) is 5.73 Å². The monoisotopic (exact) mass is 534 g/mol. The van der Waals surface area contributed by atoms with Gasteiger partial charge in [0.25, 0.3) is 5.91 Å². The maximum atomic E-state index is 14.3. The Balaban J connectivity index is 1.00. The topological polar surface area (TPSA) is 102 Å². The lowest BCUT2D eigenvalue weighted by Gasteiger charge is -2.40. The number of nitrogens with zero attached hydrogens (tertiary/aromatic N) is 4. The van der Waals surface area contributed by atoms with Crippen LogP contribution in [0.3, 0.4) is 0 Å². The molecule has 3 N–H and O–H groups in total. The zero-order valence-electron chi connectivity index (χ0n) is 22.1. The number of benzene rings is 2. The van der Waals surface area contributed by atoms with E-state index in [0.717, 1.165) is 69.9 Å². The Kier molecular flexibility index (Phi) is 6.88. The van der Waals surface area contributed by atoms with Gasteiger partial charge in [0.15, 0.2) is 0 Å². The lowest BCUT2D eigenvalue weighted by Crippen LogP contribution is -2.52. The number of nitrogens with two attached hydrogens (primary N) is 1. The van der Waals surface area contributed by atoms with E-state index in [1.54, 1.807) is 17.0 Å². The summed E-state index contributed by atoms with van der Waals surface area (Å²) in [6, 6.07) is 10.3. The highest BCUT2D eigenvalue weighted by molar-refractivity contribution is 6.05. The molecule has 0 aliphatic carbocycles. The zero-order valence-corrected chi connectivity index (χ0v) is 22.1. The zero-order chi connectivity index (χ0) is 27.1. The number of carbonyl (C=O) groups excluding carboxylic acids is 3. The Morgan fingerprint density at radius 1 is 0.897 bits per heavy atom. The summed E-state index contributed by atoms with van der Waals surface area (Å²) in [7, 11) is 0. The molecule has 9 nitrogen and oxygen atoms in total. The number of hydrogen-bond acceptors (Lipinski definition) is 7. The van der Waals surface area contributed by atoms with Crippen LogP contribution in [0.4, 0.5) is 21.5 Å². The molecule has 3 saturated heterocycles.